The van der Waals surface area contributed by atoms with Gasteiger partial charge in [0.1, 0.15) is 11.9 Å². The highest BCUT2D eigenvalue weighted by molar-refractivity contribution is 5.69. The van der Waals surface area contributed by atoms with Crippen LogP contribution < -0.4 is 4.74 Å². The molecular weight excluding hydrogens is 232 g/mol. The van der Waals surface area contributed by atoms with Gasteiger partial charge in [-0.05, 0) is 36.1 Å². The van der Waals surface area contributed by atoms with Gasteiger partial charge < -0.3 is 9.47 Å². The molecule has 0 aromatic heterocycles. The molecule has 0 saturated carbocycles. The first kappa shape index (κ1) is 12.6. The van der Waals surface area contributed by atoms with Crippen LogP contribution in [0.1, 0.15) is 31.4 Å². The van der Waals surface area contributed by atoms with E-state index in [0.29, 0.717) is 12.2 Å². The summed E-state index contributed by atoms with van der Waals surface area (Å²) < 4.78 is 10.3. The number of hydrogen-bond donors (Lipinski definition) is 0. The van der Waals surface area contributed by atoms with E-state index in [1.54, 1.807) is 6.07 Å². The topological polar surface area (TPSA) is 52.6 Å². The lowest BCUT2D eigenvalue weighted by Gasteiger charge is -2.24. The quantitative estimate of drug-likeness (QED) is 0.593. The Bertz CT molecular complexity index is 479. The maximum Gasteiger partial charge on any atom is 0.308 e. The molecule has 2 rings (SSSR count). The Balaban J connectivity index is 2.13. The van der Waals surface area contributed by atoms with Crippen molar-refractivity contribution in [3.05, 3.63) is 29.3 Å². The Morgan fingerprint density at radius 1 is 1.17 bits per heavy atom. The second-order valence-electron chi connectivity index (χ2n) is 4.50. The molecule has 1 aromatic rings. The van der Waals surface area contributed by atoms with Crippen molar-refractivity contribution in [1.82, 2.24) is 0 Å². The highest BCUT2D eigenvalue weighted by atomic mass is 16.5. The normalized spacial score (nSPS) is 17.8. The van der Waals surface area contributed by atoms with Crippen molar-refractivity contribution < 1.29 is 19.1 Å². The van der Waals surface area contributed by atoms with E-state index < -0.39 is 0 Å². The fraction of sp³-hybridized carbons (Fsp3) is 0.429. The zero-order chi connectivity index (χ0) is 13.1. The lowest BCUT2D eigenvalue weighted by molar-refractivity contribution is -0.146. The van der Waals surface area contributed by atoms with Gasteiger partial charge in [0, 0.05) is 20.3 Å². The summed E-state index contributed by atoms with van der Waals surface area (Å²) in [6.45, 7) is 2.80. The van der Waals surface area contributed by atoms with E-state index in [0.717, 1.165) is 18.4 Å². The minimum Gasteiger partial charge on any atom is -0.462 e. The average molecular weight is 248 g/mol. The average Bonchev–Trinajstić information content (AvgIpc) is 2.26. The smallest absolute Gasteiger partial charge is 0.308 e. The van der Waals surface area contributed by atoms with E-state index in [1.165, 1.54) is 19.4 Å². The molecule has 96 valence electrons. The van der Waals surface area contributed by atoms with Gasteiger partial charge in [-0.2, -0.15) is 0 Å². The summed E-state index contributed by atoms with van der Waals surface area (Å²) in [5.41, 5.74) is 2.32. The van der Waals surface area contributed by atoms with E-state index in [-0.39, 0.29) is 18.0 Å². The Hall–Kier alpha value is -1.84. The molecule has 0 bridgehead atoms. The number of rotatable bonds is 2. The first-order chi connectivity index (χ1) is 8.54. The summed E-state index contributed by atoms with van der Waals surface area (Å²) in [6.07, 6.45) is 2.35. The van der Waals surface area contributed by atoms with Crippen LogP contribution in [0.15, 0.2) is 18.2 Å². The monoisotopic (exact) mass is 248 g/mol. The molecule has 1 atom stereocenters. The predicted molar refractivity (Wildman–Crippen MR) is 65.3 cm³/mol. The van der Waals surface area contributed by atoms with Crippen molar-refractivity contribution in [3.8, 4) is 5.75 Å². The molecule has 0 aliphatic heterocycles. The maximum atomic E-state index is 10.9. The van der Waals surface area contributed by atoms with Gasteiger partial charge in [0.25, 0.3) is 0 Å². The van der Waals surface area contributed by atoms with Crippen molar-refractivity contribution in [2.45, 2.75) is 39.2 Å². The van der Waals surface area contributed by atoms with E-state index in [1.807, 2.05) is 12.1 Å². The molecule has 4 heteroatoms. The van der Waals surface area contributed by atoms with Crippen LogP contribution in [0.4, 0.5) is 0 Å². The SMILES string of the molecule is CC(=O)Oc1ccc2c(c1)CC(OC(C)=O)CC2. The zero-order valence-electron chi connectivity index (χ0n) is 10.6. The molecule has 0 saturated heterocycles. The second kappa shape index (κ2) is 5.21. The third-order valence-corrected chi connectivity index (χ3v) is 2.96. The predicted octanol–water partition coefficient (Wildman–Crippen LogP) is 2.03. The zero-order valence-corrected chi connectivity index (χ0v) is 10.6. The van der Waals surface area contributed by atoms with E-state index in [9.17, 15) is 9.59 Å². The highest BCUT2D eigenvalue weighted by Gasteiger charge is 2.21. The van der Waals surface area contributed by atoms with Crippen LogP contribution in [0.5, 0.6) is 5.75 Å². The van der Waals surface area contributed by atoms with Crippen LogP contribution >= 0.6 is 0 Å². The molecule has 4 nitrogen and oxygen atoms in total. The fourth-order valence-corrected chi connectivity index (χ4v) is 2.26. The number of ether oxygens (including phenoxy) is 2. The number of carbonyl (C=O) groups excluding carboxylic acids is 2. The van der Waals surface area contributed by atoms with E-state index >= 15 is 0 Å². The minimum absolute atomic E-state index is 0.0671. The molecule has 1 aromatic carbocycles. The van der Waals surface area contributed by atoms with Gasteiger partial charge in [0.15, 0.2) is 0 Å². The number of carbonyl (C=O) groups is 2. The van der Waals surface area contributed by atoms with Gasteiger partial charge in [-0.3, -0.25) is 9.59 Å². The molecule has 1 aliphatic rings. The highest BCUT2D eigenvalue weighted by Crippen LogP contribution is 2.27. The van der Waals surface area contributed by atoms with Crippen molar-refractivity contribution in [3.63, 3.8) is 0 Å². The first-order valence-electron chi connectivity index (χ1n) is 6.02. The summed E-state index contributed by atoms with van der Waals surface area (Å²) in [6, 6.07) is 5.62. The van der Waals surface area contributed by atoms with Gasteiger partial charge in [0.05, 0.1) is 0 Å². The fourth-order valence-electron chi connectivity index (χ4n) is 2.26. The van der Waals surface area contributed by atoms with Gasteiger partial charge in [-0.25, -0.2) is 0 Å². The van der Waals surface area contributed by atoms with Crippen LogP contribution in [0.25, 0.3) is 0 Å². The molecule has 1 unspecified atom stereocenters. The molecule has 0 N–H and O–H groups in total. The number of benzene rings is 1. The van der Waals surface area contributed by atoms with Crippen LogP contribution in [0.2, 0.25) is 0 Å². The number of esters is 2. The molecule has 1 aliphatic carbocycles. The van der Waals surface area contributed by atoms with Crippen molar-refractivity contribution in [2.24, 2.45) is 0 Å². The summed E-state index contributed by atoms with van der Waals surface area (Å²) in [5, 5.41) is 0. The van der Waals surface area contributed by atoms with Crippen molar-refractivity contribution >= 4 is 11.9 Å². The molecule has 0 heterocycles. The van der Waals surface area contributed by atoms with Gasteiger partial charge >= 0.3 is 11.9 Å². The van der Waals surface area contributed by atoms with Gasteiger partial charge in [-0.1, -0.05) is 6.07 Å². The molecule has 0 radical (unpaired) electrons. The number of hydrogen-bond acceptors (Lipinski definition) is 4. The Kier molecular flexibility index (Phi) is 3.65. The Labute approximate surface area is 106 Å². The molecule has 0 spiro atoms. The van der Waals surface area contributed by atoms with Crippen LogP contribution in [0.3, 0.4) is 0 Å². The lowest BCUT2D eigenvalue weighted by Crippen LogP contribution is -2.24. The maximum absolute atomic E-state index is 10.9. The minimum atomic E-state index is -0.331. The molecule has 0 fully saturated rings. The summed E-state index contributed by atoms with van der Waals surface area (Å²) >= 11 is 0. The molecule has 0 amide bonds. The third kappa shape index (κ3) is 3.09. The van der Waals surface area contributed by atoms with Crippen molar-refractivity contribution in [2.75, 3.05) is 0 Å². The van der Waals surface area contributed by atoms with Crippen LogP contribution in [-0.2, 0) is 27.2 Å². The van der Waals surface area contributed by atoms with Crippen LogP contribution in [0, 0.1) is 0 Å². The second-order valence-corrected chi connectivity index (χ2v) is 4.50. The lowest BCUT2D eigenvalue weighted by atomic mass is 9.89. The van der Waals surface area contributed by atoms with Crippen LogP contribution in [-0.4, -0.2) is 18.0 Å². The summed E-state index contributed by atoms with van der Waals surface area (Å²) in [5.74, 6) is -0.0355. The number of aryl methyl sites for hydroxylation is 1. The summed E-state index contributed by atoms with van der Waals surface area (Å²) in [4.78, 5) is 21.8. The van der Waals surface area contributed by atoms with Crippen molar-refractivity contribution in [1.29, 1.82) is 0 Å². The summed E-state index contributed by atoms with van der Waals surface area (Å²) in [7, 11) is 0. The first-order valence-corrected chi connectivity index (χ1v) is 6.02. The van der Waals surface area contributed by atoms with E-state index in [4.69, 9.17) is 9.47 Å². The molecular formula is C14H16O4. The molecule has 18 heavy (non-hydrogen) atoms. The Morgan fingerprint density at radius 3 is 2.61 bits per heavy atom. The standard InChI is InChI=1S/C14H16O4/c1-9(15)17-13-5-3-11-4-6-14(18-10(2)16)8-12(11)7-13/h3,5,7,14H,4,6,8H2,1-2H3. The largest absolute Gasteiger partial charge is 0.462 e. The van der Waals surface area contributed by atoms with Gasteiger partial charge in [0.2, 0.25) is 0 Å². The third-order valence-electron chi connectivity index (χ3n) is 2.96. The number of fused-ring (bicyclic) bond motifs is 1. The van der Waals surface area contributed by atoms with Gasteiger partial charge in [-0.15, -0.1) is 0 Å². The van der Waals surface area contributed by atoms with E-state index in [2.05, 4.69) is 0 Å². The Morgan fingerprint density at radius 2 is 1.94 bits per heavy atom.